The summed E-state index contributed by atoms with van der Waals surface area (Å²) < 4.78 is 6.94. The highest BCUT2D eigenvalue weighted by Gasteiger charge is 2.22. The highest BCUT2D eigenvalue weighted by atomic mass is 79.9. The Labute approximate surface area is 196 Å². The molecule has 1 saturated heterocycles. The van der Waals surface area contributed by atoms with Gasteiger partial charge in [0.05, 0.1) is 0 Å². The van der Waals surface area contributed by atoms with Crippen molar-refractivity contribution in [2.24, 2.45) is 0 Å². The molecule has 1 aliphatic heterocycles. The van der Waals surface area contributed by atoms with Gasteiger partial charge in [-0.05, 0) is 53.6 Å². The maximum atomic E-state index is 13.0. The zero-order chi connectivity index (χ0) is 21.6. The maximum Gasteiger partial charge on any atom is 0.253 e. The number of ether oxygens (including phenoxy) is 1. The van der Waals surface area contributed by atoms with E-state index in [1.165, 1.54) is 5.56 Å². The van der Waals surface area contributed by atoms with Gasteiger partial charge in [0.2, 0.25) is 0 Å². The second-order valence-electron chi connectivity index (χ2n) is 7.60. The van der Waals surface area contributed by atoms with Crippen molar-refractivity contribution in [3.05, 3.63) is 99.0 Å². The van der Waals surface area contributed by atoms with Crippen LogP contribution < -0.4 is 4.74 Å². The molecule has 160 valence electrons. The number of amides is 1. The number of benzene rings is 3. The van der Waals surface area contributed by atoms with E-state index in [0.717, 1.165) is 48.5 Å². The lowest BCUT2D eigenvalue weighted by atomic mass is 10.1. The number of rotatable bonds is 6. The molecular formula is C25H24BrClN2O2. The van der Waals surface area contributed by atoms with Crippen molar-refractivity contribution < 1.29 is 9.53 Å². The summed E-state index contributed by atoms with van der Waals surface area (Å²) in [4.78, 5) is 17.4. The average molecular weight is 500 g/mol. The largest absolute Gasteiger partial charge is 0.489 e. The smallest absolute Gasteiger partial charge is 0.253 e. The van der Waals surface area contributed by atoms with Crippen molar-refractivity contribution in [3.63, 3.8) is 0 Å². The molecule has 0 aromatic heterocycles. The first-order chi connectivity index (χ1) is 15.1. The summed E-state index contributed by atoms with van der Waals surface area (Å²) in [6.07, 6.45) is 0. The van der Waals surface area contributed by atoms with E-state index in [4.69, 9.17) is 16.3 Å². The van der Waals surface area contributed by atoms with Gasteiger partial charge in [-0.3, -0.25) is 9.69 Å². The molecule has 0 bridgehead atoms. The monoisotopic (exact) mass is 498 g/mol. The molecule has 1 heterocycles. The van der Waals surface area contributed by atoms with E-state index < -0.39 is 0 Å². The molecule has 1 amide bonds. The van der Waals surface area contributed by atoms with Crippen molar-refractivity contribution in [3.8, 4) is 5.75 Å². The van der Waals surface area contributed by atoms with Crippen LogP contribution in [0.4, 0.5) is 0 Å². The number of hydrogen-bond donors (Lipinski definition) is 0. The standard InChI is InChI=1S/C25H24BrClN2O2/c26-24-7-2-1-5-21(24)17-28-12-14-29(15-13-28)25(30)20-6-3-4-19(16-20)18-31-23-10-8-22(27)9-11-23/h1-11,16H,12-15,17-18H2. The number of carbonyl (C=O) groups is 1. The van der Waals surface area contributed by atoms with Crippen LogP contribution >= 0.6 is 27.5 Å². The van der Waals surface area contributed by atoms with E-state index >= 15 is 0 Å². The molecule has 0 aliphatic carbocycles. The van der Waals surface area contributed by atoms with Crippen molar-refractivity contribution in [2.75, 3.05) is 26.2 Å². The molecule has 3 aromatic carbocycles. The van der Waals surface area contributed by atoms with Crippen molar-refractivity contribution in [2.45, 2.75) is 13.2 Å². The molecule has 0 spiro atoms. The number of hydrogen-bond acceptors (Lipinski definition) is 3. The lowest BCUT2D eigenvalue weighted by Crippen LogP contribution is -2.48. The highest BCUT2D eigenvalue weighted by Crippen LogP contribution is 2.20. The van der Waals surface area contributed by atoms with Crippen LogP contribution in [0.25, 0.3) is 0 Å². The molecule has 3 aromatic rings. The van der Waals surface area contributed by atoms with Crippen molar-refractivity contribution >= 4 is 33.4 Å². The molecule has 4 nitrogen and oxygen atoms in total. The fraction of sp³-hybridized carbons (Fsp3) is 0.240. The molecule has 31 heavy (non-hydrogen) atoms. The van der Waals surface area contributed by atoms with Crippen LogP contribution in [0, 0.1) is 0 Å². The summed E-state index contributed by atoms with van der Waals surface area (Å²) in [5.41, 5.74) is 2.94. The molecule has 0 saturated carbocycles. The molecule has 0 radical (unpaired) electrons. The van der Waals surface area contributed by atoms with E-state index in [9.17, 15) is 4.79 Å². The van der Waals surface area contributed by atoms with Crippen molar-refractivity contribution in [1.29, 1.82) is 0 Å². The van der Waals surface area contributed by atoms with Crippen LogP contribution in [0.5, 0.6) is 5.75 Å². The van der Waals surface area contributed by atoms with Gasteiger partial charge in [0.15, 0.2) is 0 Å². The van der Waals surface area contributed by atoms with E-state index in [1.807, 2.05) is 47.4 Å². The minimum Gasteiger partial charge on any atom is -0.489 e. The Kier molecular flexibility index (Phi) is 7.28. The third kappa shape index (κ3) is 5.88. The van der Waals surface area contributed by atoms with Crippen LogP contribution in [0.1, 0.15) is 21.5 Å². The first-order valence-electron chi connectivity index (χ1n) is 10.3. The Hall–Kier alpha value is -2.34. The molecule has 1 aliphatic rings. The summed E-state index contributed by atoms with van der Waals surface area (Å²) in [6, 6.07) is 23.3. The van der Waals surface area contributed by atoms with E-state index in [0.29, 0.717) is 17.2 Å². The maximum absolute atomic E-state index is 13.0. The fourth-order valence-corrected chi connectivity index (χ4v) is 4.19. The summed E-state index contributed by atoms with van der Waals surface area (Å²) >= 11 is 9.53. The van der Waals surface area contributed by atoms with Gasteiger partial charge in [0.25, 0.3) is 5.91 Å². The fourth-order valence-electron chi connectivity index (χ4n) is 3.65. The summed E-state index contributed by atoms with van der Waals surface area (Å²) in [5.74, 6) is 0.830. The minimum atomic E-state index is 0.0777. The molecule has 1 fully saturated rings. The zero-order valence-corrected chi connectivity index (χ0v) is 19.5. The first-order valence-corrected chi connectivity index (χ1v) is 11.5. The number of piperazine rings is 1. The van der Waals surface area contributed by atoms with Gasteiger partial charge in [-0.2, -0.15) is 0 Å². The second kappa shape index (κ2) is 10.3. The van der Waals surface area contributed by atoms with Gasteiger partial charge >= 0.3 is 0 Å². The van der Waals surface area contributed by atoms with E-state index in [2.05, 4.69) is 39.0 Å². The highest BCUT2D eigenvalue weighted by molar-refractivity contribution is 9.10. The van der Waals surface area contributed by atoms with E-state index in [-0.39, 0.29) is 5.91 Å². The van der Waals surface area contributed by atoms with Gasteiger partial charge in [-0.15, -0.1) is 0 Å². The lowest BCUT2D eigenvalue weighted by molar-refractivity contribution is 0.0628. The van der Waals surface area contributed by atoms with Gasteiger partial charge in [0.1, 0.15) is 12.4 Å². The van der Waals surface area contributed by atoms with E-state index in [1.54, 1.807) is 12.1 Å². The molecule has 4 rings (SSSR count). The molecule has 0 atom stereocenters. The molecule has 0 N–H and O–H groups in total. The van der Waals surface area contributed by atoms with Gasteiger partial charge in [0, 0.05) is 47.8 Å². The van der Waals surface area contributed by atoms with Gasteiger partial charge in [-0.1, -0.05) is 57.9 Å². The SMILES string of the molecule is O=C(c1cccc(COc2ccc(Cl)cc2)c1)N1CCN(Cc2ccccc2Br)CC1. The zero-order valence-electron chi connectivity index (χ0n) is 17.1. The van der Waals surface area contributed by atoms with Gasteiger partial charge < -0.3 is 9.64 Å². The number of halogens is 2. The summed E-state index contributed by atoms with van der Waals surface area (Å²) in [7, 11) is 0. The Morgan fingerprint density at radius 2 is 1.68 bits per heavy atom. The molecule has 6 heteroatoms. The molecular weight excluding hydrogens is 476 g/mol. The summed E-state index contributed by atoms with van der Waals surface area (Å²) in [5, 5.41) is 0.677. The first kappa shape index (κ1) is 21.9. The van der Waals surface area contributed by atoms with Crippen LogP contribution in [0.2, 0.25) is 5.02 Å². The Morgan fingerprint density at radius 1 is 0.935 bits per heavy atom. The Balaban J connectivity index is 1.32. The quantitative estimate of drug-likeness (QED) is 0.440. The Morgan fingerprint density at radius 3 is 2.42 bits per heavy atom. The normalized spacial score (nSPS) is 14.5. The topological polar surface area (TPSA) is 32.8 Å². The van der Waals surface area contributed by atoms with Gasteiger partial charge in [-0.25, -0.2) is 0 Å². The predicted octanol–water partition coefficient (Wildman–Crippen LogP) is 5.64. The van der Waals surface area contributed by atoms with Crippen LogP contribution in [0.15, 0.2) is 77.3 Å². The second-order valence-corrected chi connectivity index (χ2v) is 8.89. The minimum absolute atomic E-state index is 0.0777. The molecule has 0 unspecified atom stereocenters. The van der Waals surface area contributed by atoms with Crippen LogP contribution in [-0.2, 0) is 13.2 Å². The lowest BCUT2D eigenvalue weighted by Gasteiger charge is -2.35. The third-order valence-corrected chi connectivity index (χ3v) is 6.43. The van der Waals surface area contributed by atoms with Crippen LogP contribution in [0.3, 0.4) is 0 Å². The number of nitrogens with zero attached hydrogens (tertiary/aromatic N) is 2. The van der Waals surface area contributed by atoms with Crippen molar-refractivity contribution in [1.82, 2.24) is 9.80 Å². The average Bonchev–Trinajstić information content (AvgIpc) is 2.80. The Bertz CT molecular complexity index is 1030. The predicted molar refractivity (Wildman–Crippen MR) is 128 cm³/mol. The summed E-state index contributed by atoms with van der Waals surface area (Å²) in [6.45, 7) is 4.49. The third-order valence-electron chi connectivity index (χ3n) is 5.40. The number of carbonyl (C=O) groups excluding carboxylic acids is 1. The van der Waals surface area contributed by atoms with Crippen LogP contribution in [-0.4, -0.2) is 41.9 Å².